The third kappa shape index (κ3) is 2.92. The van der Waals surface area contributed by atoms with Crippen LogP contribution in [0.4, 0.5) is 0 Å². The maximum Gasteiger partial charge on any atom is 0.255 e. The molecule has 4 aliphatic rings. The number of piperazine rings is 1. The van der Waals surface area contributed by atoms with Crippen LogP contribution in [0.2, 0.25) is 0 Å². The van der Waals surface area contributed by atoms with Gasteiger partial charge in [0.2, 0.25) is 11.8 Å². The molecule has 0 radical (unpaired) electrons. The van der Waals surface area contributed by atoms with Crippen molar-refractivity contribution in [2.24, 2.45) is 0 Å². The molecular formula is C20H24N4O4. The molecular weight excluding hydrogens is 360 g/mol. The molecule has 3 atom stereocenters. The van der Waals surface area contributed by atoms with Crippen molar-refractivity contribution in [3.8, 4) is 0 Å². The van der Waals surface area contributed by atoms with Gasteiger partial charge in [-0.25, -0.2) is 0 Å². The van der Waals surface area contributed by atoms with Gasteiger partial charge in [0.15, 0.2) is 0 Å². The lowest BCUT2D eigenvalue weighted by atomic mass is 10.0. The number of benzene rings is 1. The van der Waals surface area contributed by atoms with Crippen LogP contribution in [0.1, 0.15) is 34.3 Å². The summed E-state index contributed by atoms with van der Waals surface area (Å²) < 4.78 is 5.65. The average Bonchev–Trinajstić information content (AvgIpc) is 3.28. The lowest BCUT2D eigenvalue weighted by molar-refractivity contribution is -0.136. The molecule has 0 bridgehead atoms. The van der Waals surface area contributed by atoms with Crippen LogP contribution in [0.5, 0.6) is 0 Å². The molecule has 148 valence electrons. The Hall–Kier alpha value is -2.29. The Labute approximate surface area is 163 Å². The zero-order chi connectivity index (χ0) is 19.3. The molecule has 0 saturated carbocycles. The van der Waals surface area contributed by atoms with Crippen molar-refractivity contribution < 1.29 is 19.1 Å². The highest BCUT2D eigenvalue weighted by Gasteiger charge is 2.41. The lowest BCUT2D eigenvalue weighted by Gasteiger charge is -2.37. The summed E-state index contributed by atoms with van der Waals surface area (Å²) in [7, 11) is 0. The van der Waals surface area contributed by atoms with Crippen molar-refractivity contribution in [1.29, 1.82) is 0 Å². The van der Waals surface area contributed by atoms with Crippen molar-refractivity contribution in [3.63, 3.8) is 0 Å². The van der Waals surface area contributed by atoms with Gasteiger partial charge in [0.1, 0.15) is 6.04 Å². The maximum absolute atomic E-state index is 13.0. The van der Waals surface area contributed by atoms with Crippen molar-refractivity contribution in [2.45, 2.75) is 44.1 Å². The smallest absolute Gasteiger partial charge is 0.255 e. The van der Waals surface area contributed by atoms with Crippen LogP contribution in [-0.2, 0) is 27.4 Å². The first-order valence-corrected chi connectivity index (χ1v) is 9.92. The monoisotopic (exact) mass is 384 g/mol. The number of imide groups is 1. The van der Waals surface area contributed by atoms with Gasteiger partial charge in [-0.2, -0.15) is 0 Å². The van der Waals surface area contributed by atoms with E-state index in [1.54, 1.807) is 4.90 Å². The summed E-state index contributed by atoms with van der Waals surface area (Å²) in [5.74, 6) is -0.751. The molecule has 0 aliphatic carbocycles. The van der Waals surface area contributed by atoms with E-state index in [0.29, 0.717) is 30.6 Å². The number of ether oxygens (including phenoxy) is 1. The SMILES string of the molecule is O=C1CCC(N2Cc3c(CN4CCN[C@H]5COC[C@H]54)cccc3C2=O)C(=O)N1. The predicted octanol–water partition coefficient (Wildman–Crippen LogP) is -0.380. The van der Waals surface area contributed by atoms with Crippen molar-refractivity contribution in [3.05, 3.63) is 34.9 Å². The van der Waals surface area contributed by atoms with Gasteiger partial charge in [0.25, 0.3) is 5.91 Å². The summed E-state index contributed by atoms with van der Waals surface area (Å²) in [6.45, 7) is 4.54. The molecule has 1 aromatic carbocycles. The number of carbonyl (C=O) groups excluding carboxylic acids is 3. The van der Waals surface area contributed by atoms with Crippen LogP contribution >= 0.6 is 0 Å². The lowest BCUT2D eigenvalue weighted by Crippen LogP contribution is -2.56. The average molecular weight is 384 g/mol. The van der Waals surface area contributed by atoms with Crippen LogP contribution in [0.15, 0.2) is 18.2 Å². The van der Waals surface area contributed by atoms with Gasteiger partial charge in [-0.3, -0.25) is 24.6 Å². The highest BCUT2D eigenvalue weighted by molar-refractivity contribution is 6.05. The van der Waals surface area contributed by atoms with Crippen molar-refractivity contribution in [1.82, 2.24) is 20.4 Å². The van der Waals surface area contributed by atoms with E-state index in [-0.39, 0.29) is 24.1 Å². The third-order valence-corrected chi connectivity index (χ3v) is 6.38. The van der Waals surface area contributed by atoms with Gasteiger partial charge in [0.05, 0.1) is 19.3 Å². The van der Waals surface area contributed by atoms with E-state index < -0.39 is 6.04 Å². The molecule has 3 saturated heterocycles. The minimum Gasteiger partial charge on any atom is -0.378 e. The molecule has 1 unspecified atom stereocenters. The molecule has 0 aromatic heterocycles. The van der Waals surface area contributed by atoms with Gasteiger partial charge < -0.3 is 15.0 Å². The zero-order valence-corrected chi connectivity index (χ0v) is 15.6. The fourth-order valence-electron chi connectivity index (χ4n) is 4.87. The molecule has 1 aromatic rings. The van der Waals surface area contributed by atoms with E-state index in [4.69, 9.17) is 4.74 Å². The van der Waals surface area contributed by atoms with E-state index in [1.165, 1.54) is 0 Å². The van der Waals surface area contributed by atoms with Crippen LogP contribution in [-0.4, -0.2) is 72.0 Å². The maximum atomic E-state index is 13.0. The van der Waals surface area contributed by atoms with Gasteiger partial charge in [0, 0.05) is 44.2 Å². The van der Waals surface area contributed by atoms with Crippen LogP contribution in [0.25, 0.3) is 0 Å². The Morgan fingerprint density at radius 3 is 2.93 bits per heavy atom. The number of piperidine rings is 1. The second-order valence-electron chi connectivity index (χ2n) is 7.98. The van der Waals surface area contributed by atoms with Crippen LogP contribution < -0.4 is 10.6 Å². The standard InChI is InChI=1S/C20H24N4O4/c25-18-5-4-16(19(26)22-18)24-9-14-12(2-1-3-13(14)20(24)27)8-23-7-6-21-15-10-28-11-17(15)23/h1-3,15-17,21H,4-11H2,(H,22,25,26)/t15-,16?,17+/m0/s1. The number of hydrogen-bond acceptors (Lipinski definition) is 6. The molecule has 2 N–H and O–H groups in total. The molecule has 4 heterocycles. The Balaban J connectivity index is 1.38. The van der Waals surface area contributed by atoms with E-state index in [0.717, 1.165) is 44.0 Å². The van der Waals surface area contributed by atoms with Crippen LogP contribution in [0, 0.1) is 0 Å². The summed E-state index contributed by atoms with van der Waals surface area (Å²) in [6.07, 6.45) is 0.659. The molecule has 3 amide bonds. The fourth-order valence-corrected chi connectivity index (χ4v) is 4.87. The van der Waals surface area contributed by atoms with Crippen LogP contribution in [0.3, 0.4) is 0 Å². The molecule has 5 rings (SSSR count). The summed E-state index contributed by atoms with van der Waals surface area (Å²) in [6, 6.07) is 5.99. The number of amides is 3. The van der Waals surface area contributed by atoms with E-state index >= 15 is 0 Å². The molecule has 4 aliphatic heterocycles. The molecule has 3 fully saturated rings. The van der Waals surface area contributed by atoms with Gasteiger partial charge in [-0.15, -0.1) is 0 Å². The normalized spacial score (nSPS) is 30.4. The summed E-state index contributed by atoms with van der Waals surface area (Å²) in [5.41, 5.74) is 2.82. The first kappa shape index (κ1) is 17.8. The van der Waals surface area contributed by atoms with Gasteiger partial charge in [-0.05, 0) is 23.6 Å². The Morgan fingerprint density at radius 1 is 1.18 bits per heavy atom. The minimum absolute atomic E-state index is 0.117. The number of rotatable bonds is 3. The fraction of sp³-hybridized carbons (Fsp3) is 0.550. The van der Waals surface area contributed by atoms with Crippen molar-refractivity contribution in [2.75, 3.05) is 26.3 Å². The Bertz CT molecular complexity index is 841. The largest absolute Gasteiger partial charge is 0.378 e. The van der Waals surface area contributed by atoms with E-state index in [1.807, 2.05) is 12.1 Å². The van der Waals surface area contributed by atoms with Crippen molar-refractivity contribution >= 4 is 17.7 Å². The number of carbonyl (C=O) groups is 3. The Kier molecular flexibility index (Phi) is 4.41. The molecule has 0 spiro atoms. The second kappa shape index (κ2) is 6.95. The minimum atomic E-state index is -0.572. The molecule has 8 heteroatoms. The first-order chi connectivity index (χ1) is 13.6. The van der Waals surface area contributed by atoms with E-state index in [9.17, 15) is 14.4 Å². The summed E-state index contributed by atoms with van der Waals surface area (Å²) in [4.78, 5) is 40.7. The topological polar surface area (TPSA) is 91.0 Å². The number of hydrogen-bond donors (Lipinski definition) is 2. The summed E-state index contributed by atoms with van der Waals surface area (Å²) in [5, 5.41) is 5.87. The highest BCUT2D eigenvalue weighted by atomic mass is 16.5. The number of fused-ring (bicyclic) bond motifs is 2. The second-order valence-corrected chi connectivity index (χ2v) is 7.98. The predicted molar refractivity (Wildman–Crippen MR) is 99.3 cm³/mol. The molecule has 8 nitrogen and oxygen atoms in total. The van der Waals surface area contributed by atoms with Gasteiger partial charge >= 0.3 is 0 Å². The summed E-state index contributed by atoms with van der Waals surface area (Å²) >= 11 is 0. The highest BCUT2D eigenvalue weighted by Crippen LogP contribution is 2.31. The number of nitrogens with zero attached hydrogens (tertiary/aromatic N) is 2. The first-order valence-electron chi connectivity index (χ1n) is 9.92. The zero-order valence-electron chi connectivity index (χ0n) is 15.6. The third-order valence-electron chi connectivity index (χ3n) is 6.38. The van der Waals surface area contributed by atoms with E-state index in [2.05, 4.69) is 21.6 Å². The Morgan fingerprint density at radius 2 is 2.07 bits per heavy atom. The number of nitrogens with one attached hydrogen (secondary N) is 2. The van der Waals surface area contributed by atoms with Gasteiger partial charge in [-0.1, -0.05) is 12.1 Å². The molecule has 28 heavy (non-hydrogen) atoms. The quantitative estimate of drug-likeness (QED) is 0.691.